The lowest BCUT2D eigenvalue weighted by molar-refractivity contribution is -0.143. The van der Waals surface area contributed by atoms with Crippen LogP contribution in [-0.4, -0.2) is 63.9 Å². The Kier molecular flexibility index (Phi) is 6.71. The lowest BCUT2D eigenvalue weighted by Gasteiger charge is -2.30. The Bertz CT molecular complexity index is 861. The predicted octanol–water partition coefficient (Wildman–Crippen LogP) is 1.96. The van der Waals surface area contributed by atoms with E-state index in [1.807, 2.05) is 48.5 Å². The van der Waals surface area contributed by atoms with E-state index in [0.717, 1.165) is 27.2 Å². The molecule has 4 N–H and O–H groups in total. The third-order valence-electron chi connectivity index (χ3n) is 5.29. The van der Waals surface area contributed by atoms with E-state index < -0.39 is 30.6 Å². The molecule has 8 heteroatoms. The fraction of sp³-hybridized carbons (Fsp3) is 0.364. The number of fused-ring (bicyclic) bond motifs is 3. The maximum atomic E-state index is 12.3. The summed E-state index contributed by atoms with van der Waals surface area (Å²) < 4.78 is 5.37. The third-order valence-corrected chi connectivity index (χ3v) is 5.29. The Morgan fingerprint density at radius 3 is 1.97 bits per heavy atom. The third kappa shape index (κ3) is 4.62. The normalized spacial score (nSPS) is 15.8. The maximum Gasteiger partial charge on any atom is 0.407 e. The Morgan fingerprint density at radius 1 is 1.00 bits per heavy atom. The molecule has 0 bridgehead atoms. The number of ether oxygens (including phenoxy) is 1. The van der Waals surface area contributed by atoms with E-state index >= 15 is 0 Å². The zero-order valence-corrected chi connectivity index (χ0v) is 16.9. The number of carboxylic acids is 1. The van der Waals surface area contributed by atoms with Gasteiger partial charge in [-0.15, -0.1) is 0 Å². The average Bonchev–Trinajstić information content (AvgIpc) is 3.02. The molecule has 0 aliphatic heterocycles. The first-order valence-corrected chi connectivity index (χ1v) is 9.75. The van der Waals surface area contributed by atoms with Crippen LogP contribution in [0.2, 0.25) is 0 Å². The molecular formula is C22H26N2O6. The van der Waals surface area contributed by atoms with E-state index in [1.54, 1.807) is 0 Å². The Balaban J connectivity index is 1.67. The first-order chi connectivity index (χ1) is 14.3. The van der Waals surface area contributed by atoms with Crippen LogP contribution < -0.4 is 5.32 Å². The molecular weight excluding hydrogens is 388 g/mol. The number of benzene rings is 2. The molecule has 30 heavy (non-hydrogen) atoms. The minimum Gasteiger partial charge on any atom is -0.480 e. The van der Waals surface area contributed by atoms with Gasteiger partial charge in [0.1, 0.15) is 25.1 Å². The number of nitrogens with one attached hydrogen (secondary N) is 1. The van der Waals surface area contributed by atoms with Crippen molar-refractivity contribution in [1.82, 2.24) is 10.2 Å². The molecule has 2 aromatic carbocycles. The highest BCUT2D eigenvalue weighted by atomic mass is 16.5. The van der Waals surface area contributed by atoms with Crippen molar-refractivity contribution >= 4 is 12.1 Å². The highest BCUT2D eigenvalue weighted by molar-refractivity contribution is 5.81. The predicted molar refractivity (Wildman–Crippen MR) is 110 cm³/mol. The second-order valence-electron chi connectivity index (χ2n) is 7.32. The van der Waals surface area contributed by atoms with Crippen LogP contribution in [0.5, 0.6) is 0 Å². The summed E-state index contributed by atoms with van der Waals surface area (Å²) in [6.07, 6.45) is -3.05. The van der Waals surface area contributed by atoms with Gasteiger partial charge in [0.2, 0.25) is 0 Å². The number of carbonyl (C=O) groups excluding carboxylic acids is 1. The number of alkyl carbamates (subject to hydrolysis) is 1. The van der Waals surface area contributed by atoms with E-state index in [-0.39, 0.29) is 19.1 Å². The number of amides is 1. The molecule has 0 aromatic heterocycles. The number of carboxylic acid groups (broad SMARTS) is 1. The highest BCUT2D eigenvalue weighted by Gasteiger charge is 2.31. The van der Waals surface area contributed by atoms with Gasteiger partial charge in [-0.05, 0) is 36.1 Å². The van der Waals surface area contributed by atoms with Gasteiger partial charge in [0.05, 0.1) is 0 Å². The molecule has 0 heterocycles. The van der Waals surface area contributed by atoms with E-state index in [0.29, 0.717) is 0 Å². The number of rotatable bonds is 8. The van der Waals surface area contributed by atoms with Crippen LogP contribution in [0, 0.1) is 0 Å². The molecule has 0 fully saturated rings. The number of aliphatic hydroxyl groups is 2. The largest absolute Gasteiger partial charge is 0.480 e. The van der Waals surface area contributed by atoms with E-state index in [4.69, 9.17) is 4.74 Å². The van der Waals surface area contributed by atoms with Crippen LogP contribution in [0.15, 0.2) is 48.5 Å². The topological polar surface area (TPSA) is 119 Å². The van der Waals surface area contributed by atoms with Crippen LogP contribution >= 0.6 is 0 Å². The average molecular weight is 414 g/mol. The SMILES string of the molecule is C[C@H](O)N(C[C@@H](NC(=O)OCC1c2ccccc2-c2ccccc21)C(=O)O)[C@@H](C)O. The van der Waals surface area contributed by atoms with Crippen LogP contribution in [-0.2, 0) is 9.53 Å². The standard InChI is InChI=1S/C22H26N2O6/c1-13(25)24(14(2)26)11-20(21(27)28)23-22(29)30-12-19-17-9-5-3-7-15(17)16-8-4-6-10-18(16)19/h3-10,13-14,19-20,25-26H,11-12H2,1-2H3,(H,23,29)(H,27,28)/t13-,14+,20-/m1/s1. The molecule has 0 saturated carbocycles. The monoisotopic (exact) mass is 414 g/mol. The molecule has 1 amide bonds. The highest BCUT2D eigenvalue weighted by Crippen LogP contribution is 2.44. The zero-order chi connectivity index (χ0) is 21.8. The van der Waals surface area contributed by atoms with Gasteiger partial charge < -0.3 is 25.4 Å². The first-order valence-electron chi connectivity index (χ1n) is 9.75. The fourth-order valence-corrected chi connectivity index (χ4v) is 3.80. The van der Waals surface area contributed by atoms with Crippen LogP contribution in [0.1, 0.15) is 30.9 Å². The van der Waals surface area contributed by atoms with Crippen molar-refractivity contribution in [1.29, 1.82) is 0 Å². The van der Waals surface area contributed by atoms with Gasteiger partial charge in [-0.25, -0.2) is 9.59 Å². The van der Waals surface area contributed by atoms with E-state index in [2.05, 4.69) is 5.32 Å². The van der Waals surface area contributed by atoms with Crippen LogP contribution in [0.4, 0.5) is 4.79 Å². The van der Waals surface area contributed by atoms with Gasteiger partial charge >= 0.3 is 12.1 Å². The Hall–Kier alpha value is -2.94. The Morgan fingerprint density at radius 2 is 1.50 bits per heavy atom. The Labute approximate surface area is 174 Å². The number of hydrogen-bond donors (Lipinski definition) is 4. The summed E-state index contributed by atoms with van der Waals surface area (Å²) in [6.45, 7) is 2.58. The lowest BCUT2D eigenvalue weighted by Crippen LogP contribution is -2.53. The molecule has 2 aromatic rings. The van der Waals surface area contributed by atoms with Crippen LogP contribution in [0.3, 0.4) is 0 Å². The number of nitrogens with zero attached hydrogens (tertiary/aromatic N) is 1. The summed E-state index contributed by atoms with van der Waals surface area (Å²) in [5, 5.41) is 31.1. The van der Waals surface area contributed by atoms with Crippen molar-refractivity contribution in [3.05, 3.63) is 59.7 Å². The summed E-state index contributed by atoms with van der Waals surface area (Å²) in [7, 11) is 0. The summed E-state index contributed by atoms with van der Waals surface area (Å²) >= 11 is 0. The molecule has 160 valence electrons. The summed E-state index contributed by atoms with van der Waals surface area (Å²) in [5.74, 6) is -1.44. The minimum atomic E-state index is -1.36. The quantitative estimate of drug-likeness (QED) is 0.488. The van der Waals surface area contributed by atoms with Gasteiger partial charge in [-0.1, -0.05) is 48.5 Å². The smallest absolute Gasteiger partial charge is 0.407 e. The molecule has 3 rings (SSSR count). The van der Waals surface area contributed by atoms with Crippen molar-refractivity contribution in [2.24, 2.45) is 0 Å². The summed E-state index contributed by atoms with van der Waals surface area (Å²) in [6, 6.07) is 14.4. The van der Waals surface area contributed by atoms with Crippen molar-refractivity contribution in [2.75, 3.05) is 13.2 Å². The summed E-state index contributed by atoms with van der Waals surface area (Å²) in [4.78, 5) is 25.0. The maximum absolute atomic E-state index is 12.3. The fourth-order valence-electron chi connectivity index (χ4n) is 3.80. The van der Waals surface area contributed by atoms with Crippen molar-refractivity contribution < 1.29 is 29.6 Å². The minimum absolute atomic E-state index is 0.0583. The van der Waals surface area contributed by atoms with E-state index in [1.165, 1.54) is 13.8 Å². The first kappa shape index (κ1) is 21.8. The van der Waals surface area contributed by atoms with Gasteiger partial charge in [-0.3, -0.25) is 4.90 Å². The van der Waals surface area contributed by atoms with Gasteiger partial charge in [0.15, 0.2) is 0 Å². The second-order valence-corrected chi connectivity index (χ2v) is 7.32. The summed E-state index contributed by atoms with van der Waals surface area (Å²) in [5.41, 5.74) is 4.29. The van der Waals surface area contributed by atoms with Gasteiger partial charge in [0.25, 0.3) is 0 Å². The number of aliphatic carboxylic acids is 1. The molecule has 3 atom stereocenters. The van der Waals surface area contributed by atoms with Crippen LogP contribution in [0.25, 0.3) is 11.1 Å². The lowest BCUT2D eigenvalue weighted by atomic mass is 9.98. The van der Waals surface area contributed by atoms with E-state index in [9.17, 15) is 24.9 Å². The molecule has 8 nitrogen and oxygen atoms in total. The van der Waals surface area contributed by atoms with Crippen molar-refractivity contribution in [3.8, 4) is 11.1 Å². The van der Waals surface area contributed by atoms with Crippen molar-refractivity contribution in [3.63, 3.8) is 0 Å². The molecule has 1 aliphatic rings. The zero-order valence-electron chi connectivity index (χ0n) is 16.9. The second kappa shape index (κ2) is 9.25. The van der Waals surface area contributed by atoms with Crippen molar-refractivity contribution in [2.45, 2.75) is 38.3 Å². The molecule has 0 radical (unpaired) electrons. The van der Waals surface area contributed by atoms with Gasteiger partial charge in [0, 0.05) is 12.5 Å². The molecule has 0 unspecified atom stereocenters. The number of carbonyl (C=O) groups is 2. The number of aliphatic hydroxyl groups excluding tert-OH is 2. The molecule has 0 spiro atoms. The number of hydrogen-bond acceptors (Lipinski definition) is 6. The van der Waals surface area contributed by atoms with Gasteiger partial charge in [-0.2, -0.15) is 0 Å². The molecule has 0 saturated heterocycles. The molecule has 1 aliphatic carbocycles.